The first-order valence-electron chi connectivity index (χ1n) is 9.41. The summed E-state index contributed by atoms with van der Waals surface area (Å²) in [5, 5.41) is 7.04. The highest BCUT2D eigenvalue weighted by Crippen LogP contribution is 2.24. The Morgan fingerprint density at radius 2 is 1.80 bits per heavy atom. The number of aromatic nitrogens is 2. The van der Waals surface area contributed by atoms with Crippen LogP contribution in [-0.2, 0) is 23.2 Å². The van der Waals surface area contributed by atoms with Crippen molar-refractivity contribution < 1.29 is 14.0 Å². The van der Waals surface area contributed by atoms with Gasteiger partial charge in [-0.25, -0.2) is 4.39 Å². The number of nitrogens with one attached hydrogen (secondary N) is 1. The van der Waals surface area contributed by atoms with E-state index >= 15 is 0 Å². The Bertz CT molecular complexity index is 1070. The molecule has 154 valence electrons. The monoisotopic (exact) mass is 406 g/mol. The minimum atomic E-state index is -0.309. The SMILES string of the molecule is CC(=O)N(C)Cc1ccc(NC(=O)C=Cc2cnn(C)c2-c2ccc(F)cc2)cc1. The first-order chi connectivity index (χ1) is 14.3. The molecule has 0 atom stereocenters. The van der Waals surface area contributed by atoms with Crippen molar-refractivity contribution in [2.45, 2.75) is 13.5 Å². The summed E-state index contributed by atoms with van der Waals surface area (Å²) in [6.07, 6.45) is 4.77. The molecule has 0 saturated heterocycles. The highest BCUT2D eigenvalue weighted by Gasteiger charge is 2.10. The molecule has 0 aliphatic rings. The number of hydrogen-bond acceptors (Lipinski definition) is 3. The van der Waals surface area contributed by atoms with E-state index in [9.17, 15) is 14.0 Å². The van der Waals surface area contributed by atoms with Crippen molar-refractivity contribution >= 4 is 23.6 Å². The quantitative estimate of drug-likeness (QED) is 0.632. The van der Waals surface area contributed by atoms with Crippen LogP contribution in [0.25, 0.3) is 17.3 Å². The molecule has 7 heteroatoms. The zero-order valence-electron chi connectivity index (χ0n) is 17.1. The van der Waals surface area contributed by atoms with Crippen LogP contribution in [0.5, 0.6) is 0 Å². The molecule has 0 radical (unpaired) electrons. The van der Waals surface area contributed by atoms with Gasteiger partial charge in [-0.3, -0.25) is 14.3 Å². The summed E-state index contributed by atoms with van der Waals surface area (Å²) in [5.41, 5.74) is 3.98. The van der Waals surface area contributed by atoms with Crippen molar-refractivity contribution in [1.29, 1.82) is 0 Å². The smallest absolute Gasteiger partial charge is 0.248 e. The Labute approximate surface area is 174 Å². The van der Waals surface area contributed by atoms with Gasteiger partial charge in [0.05, 0.1) is 11.9 Å². The van der Waals surface area contributed by atoms with Crippen molar-refractivity contribution in [2.75, 3.05) is 12.4 Å². The molecule has 0 unspecified atom stereocenters. The van der Waals surface area contributed by atoms with Gasteiger partial charge < -0.3 is 10.2 Å². The first-order valence-corrected chi connectivity index (χ1v) is 9.41. The van der Waals surface area contributed by atoms with E-state index in [1.165, 1.54) is 25.1 Å². The highest BCUT2D eigenvalue weighted by atomic mass is 19.1. The zero-order valence-corrected chi connectivity index (χ0v) is 17.1. The number of carbonyl (C=O) groups excluding carboxylic acids is 2. The highest BCUT2D eigenvalue weighted by molar-refractivity contribution is 6.02. The lowest BCUT2D eigenvalue weighted by molar-refractivity contribution is -0.128. The number of carbonyl (C=O) groups is 2. The van der Waals surface area contributed by atoms with Gasteiger partial charge in [0.15, 0.2) is 0 Å². The number of anilines is 1. The molecule has 0 aliphatic carbocycles. The second-order valence-electron chi connectivity index (χ2n) is 6.97. The molecule has 0 aliphatic heterocycles. The number of aryl methyl sites for hydroxylation is 1. The lowest BCUT2D eigenvalue weighted by atomic mass is 10.1. The van der Waals surface area contributed by atoms with Gasteiger partial charge in [-0.15, -0.1) is 0 Å². The second kappa shape index (κ2) is 9.17. The summed E-state index contributed by atoms with van der Waals surface area (Å²) in [6.45, 7) is 2.03. The molecule has 1 heterocycles. The maximum absolute atomic E-state index is 13.2. The Hall–Kier alpha value is -3.74. The summed E-state index contributed by atoms with van der Waals surface area (Å²) in [5.74, 6) is -0.596. The van der Waals surface area contributed by atoms with Crippen molar-refractivity contribution in [1.82, 2.24) is 14.7 Å². The van der Waals surface area contributed by atoms with Gasteiger partial charge in [0.25, 0.3) is 0 Å². The summed E-state index contributed by atoms with van der Waals surface area (Å²) >= 11 is 0. The van der Waals surface area contributed by atoms with Crippen molar-refractivity contribution in [2.24, 2.45) is 7.05 Å². The number of nitrogens with zero attached hydrogens (tertiary/aromatic N) is 3. The van der Waals surface area contributed by atoms with Crippen LogP contribution in [0.2, 0.25) is 0 Å². The predicted octanol–water partition coefficient (Wildman–Crippen LogP) is 3.86. The van der Waals surface area contributed by atoms with Gasteiger partial charge in [-0.2, -0.15) is 5.10 Å². The van der Waals surface area contributed by atoms with E-state index in [4.69, 9.17) is 0 Å². The standard InChI is InChI=1S/C23H23FN4O2/c1-16(29)27(2)15-17-4-11-21(12-5-17)26-22(30)13-8-19-14-25-28(3)23(19)18-6-9-20(24)10-7-18/h4-14H,15H2,1-3H3,(H,26,30). The van der Waals surface area contributed by atoms with Crippen LogP contribution in [0.4, 0.5) is 10.1 Å². The van der Waals surface area contributed by atoms with E-state index in [1.807, 2.05) is 12.1 Å². The Balaban J connectivity index is 1.67. The minimum Gasteiger partial charge on any atom is -0.342 e. The molecule has 0 bridgehead atoms. The normalized spacial score (nSPS) is 10.9. The average Bonchev–Trinajstić information content (AvgIpc) is 3.09. The lowest BCUT2D eigenvalue weighted by Gasteiger charge is -2.14. The van der Waals surface area contributed by atoms with Crippen molar-refractivity contribution in [3.8, 4) is 11.3 Å². The van der Waals surface area contributed by atoms with Gasteiger partial charge in [0.1, 0.15) is 5.82 Å². The van der Waals surface area contributed by atoms with Crippen LogP contribution in [0.15, 0.2) is 60.8 Å². The molecule has 2 aromatic carbocycles. The van der Waals surface area contributed by atoms with E-state index < -0.39 is 0 Å². The molecule has 0 saturated carbocycles. The lowest BCUT2D eigenvalue weighted by Crippen LogP contribution is -2.22. The van der Waals surface area contributed by atoms with Crippen LogP contribution in [-0.4, -0.2) is 33.5 Å². The Morgan fingerprint density at radius 1 is 1.13 bits per heavy atom. The fourth-order valence-corrected chi connectivity index (χ4v) is 2.97. The van der Waals surface area contributed by atoms with Crippen LogP contribution in [0.1, 0.15) is 18.1 Å². The molecular formula is C23H23FN4O2. The molecule has 30 heavy (non-hydrogen) atoms. The number of amides is 2. The fourth-order valence-electron chi connectivity index (χ4n) is 2.97. The number of hydrogen-bond donors (Lipinski definition) is 1. The third-order valence-electron chi connectivity index (χ3n) is 4.68. The van der Waals surface area contributed by atoms with E-state index in [0.717, 1.165) is 22.4 Å². The Morgan fingerprint density at radius 3 is 2.43 bits per heavy atom. The maximum atomic E-state index is 13.2. The maximum Gasteiger partial charge on any atom is 0.248 e. The van der Waals surface area contributed by atoms with Crippen LogP contribution in [0, 0.1) is 5.82 Å². The third kappa shape index (κ3) is 5.20. The molecule has 6 nitrogen and oxygen atoms in total. The van der Waals surface area contributed by atoms with Gasteiger partial charge in [-0.1, -0.05) is 12.1 Å². The molecule has 0 spiro atoms. The van der Waals surface area contributed by atoms with E-state index in [2.05, 4.69) is 10.4 Å². The largest absolute Gasteiger partial charge is 0.342 e. The van der Waals surface area contributed by atoms with Gasteiger partial charge in [0.2, 0.25) is 11.8 Å². The third-order valence-corrected chi connectivity index (χ3v) is 4.68. The number of rotatable bonds is 6. The summed E-state index contributed by atoms with van der Waals surface area (Å²) in [4.78, 5) is 25.2. The second-order valence-corrected chi connectivity index (χ2v) is 6.97. The summed E-state index contributed by atoms with van der Waals surface area (Å²) in [7, 11) is 3.53. The molecule has 2 amide bonds. The minimum absolute atomic E-state index is 0.00655. The van der Waals surface area contributed by atoms with Crippen molar-refractivity contribution in [3.05, 3.63) is 77.7 Å². The van der Waals surface area contributed by atoms with Gasteiger partial charge in [-0.05, 0) is 48.0 Å². The fraction of sp³-hybridized carbons (Fsp3) is 0.174. The predicted molar refractivity (Wildman–Crippen MR) is 115 cm³/mol. The Kier molecular flexibility index (Phi) is 6.41. The van der Waals surface area contributed by atoms with E-state index in [0.29, 0.717) is 12.2 Å². The summed E-state index contributed by atoms with van der Waals surface area (Å²) in [6, 6.07) is 13.5. The molecular weight excluding hydrogens is 383 g/mol. The summed E-state index contributed by atoms with van der Waals surface area (Å²) < 4.78 is 14.9. The van der Waals surface area contributed by atoms with Crippen LogP contribution >= 0.6 is 0 Å². The van der Waals surface area contributed by atoms with Gasteiger partial charge >= 0.3 is 0 Å². The molecule has 3 rings (SSSR count). The van der Waals surface area contributed by atoms with Crippen molar-refractivity contribution in [3.63, 3.8) is 0 Å². The van der Waals surface area contributed by atoms with Crippen LogP contribution < -0.4 is 5.32 Å². The molecule has 1 N–H and O–H groups in total. The van der Waals surface area contributed by atoms with E-state index in [-0.39, 0.29) is 17.6 Å². The number of halogens is 1. The molecule has 0 fully saturated rings. The average molecular weight is 406 g/mol. The first kappa shape index (κ1) is 21.0. The van der Waals surface area contributed by atoms with Gasteiger partial charge in [0, 0.05) is 50.5 Å². The van der Waals surface area contributed by atoms with E-state index in [1.54, 1.807) is 60.2 Å². The topological polar surface area (TPSA) is 67.2 Å². The molecule has 3 aromatic rings. The van der Waals surface area contributed by atoms with Crippen LogP contribution in [0.3, 0.4) is 0 Å². The number of benzene rings is 2. The zero-order chi connectivity index (χ0) is 21.7. The molecule has 1 aromatic heterocycles.